The van der Waals surface area contributed by atoms with Crippen molar-refractivity contribution in [2.45, 2.75) is 0 Å². The van der Waals surface area contributed by atoms with Crippen LogP contribution in [0.1, 0.15) is 0 Å². The van der Waals surface area contributed by atoms with Gasteiger partial charge in [-0.1, -0.05) is 12.2 Å². The third kappa shape index (κ3) is 10.3. The van der Waals surface area contributed by atoms with Gasteiger partial charge in [0.25, 0.3) is 0 Å². The van der Waals surface area contributed by atoms with Gasteiger partial charge in [-0.25, -0.2) is 4.79 Å². The number of carbonyl (C=O) groups is 1. The first-order valence-electron chi connectivity index (χ1n) is 2.59. The molecule has 0 atom stereocenters. The second-order valence-corrected chi connectivity index (χ2v) is 1.39. The van der Waals surface area contributed by atoms with Crippen LogP contribution in [-0.2, 0) is 0 Å². The molecule has 0 aliphatic rings. The van der Waals surface area contributed by atoms with Crippen LogP contribution < -0.4 is 11.1 Å². The molecular formula is C5H11ClN2O2. The molecule has 5 heteroatoms. The lowest BCUT2D eigenvalue weighted by Gasteiger charge is -1.90. The van der Waals surface area contributed by atoms with E-state index < -0.39 is 6.09 Å². The van der Waals surface area contributed by atoms with E-state index in [0.717, 1.165) is 0 Å². The molecule has 0 heterocycles. The van der Waals surface area contributed by atoms with Crippen LogP contribution >= 0.6 is 12.4 Å². The Bertz CT molecular complexity index is 116. The van der Waals surface area contributed by atoms with E-state index >= 15 is 0 Å². The number of carboxylic acid groups (broad SMARTS) is 1. The summed E-state index contributed by atoms with van der Waals surface area (Å²) in [5.74, 6) is 0. The fourth-order valence-corrected chi connectivity index (χ4v) is 0.326. The Morgan fingerprint density at radius 1 is 1.60 bits per heavy atom. The van der Waals surface area contributed by atoms with Crippen LogP contribution in [0, 0.1) is 0 Å². The molecule has 0 radical (unpaired) electrons. The Hall–Kier alpha value is -0.740. The number of rotatable bonds is 3. The highest BCUT2D eigenvalue weighted by molar-refractivity contribution is 5.85. The molecule has 0 aliphatic carbocycles. The van der Waals surface area contributed by atoms with Crippen LogP contribution in [0.3, 0.4) is 0 Å². The summed E-state index contributed by atoms with van der Waals surface area (Å²) in [5.41, 5.74) is 5.08. The summed E-state index contributed by atoms with van der Waals surface area (Å²) >= 11 is 0. The van der Waals surface area contributed by atoms with E-state index in [9.17, 15) is 4.79 Å². The van der Waals surface area contributed by atoms with E-state index in [1.807, 2.05) is 0 Å². The van der Waals surface area contributed by atoms with Crippen LogP contribution in [0.25, 0.3) is 0 Å². The summed E-state index contributed by atoms with van der Waals surface area (Å²) in [5, 5.41) is 10.2. The Labute approximate surface area is 65.5 Å². The summed E-state index contributed by atoms with van der Waals surface area (Å²) in [6, 6.07) is 0. The number of hydrogen-bond acceptors (Lipinski definition) is 2. The van der Waals surface area contributed by atoms with Gasteiger partial charge in [0.15, 0.2) is 0 Å². The topological polar surface area (TPSA) is 75.3 Å². The van der Waals surface area contributed by atoms with Gasteiger partial charge in [0, 0.05) is 13.1 Å². The van der Waals surface area contributed by atoms with Gasteiger partial charge in [0.1, 0.15) is 0 Å². The zero-order valence-corrected chi connectivity index (χ0v) is 6.23. The van der Waals surface area contributed by atoms with Gasteiger partial charge in [-0.15, -0.1) is 12.4 Å². The normalized spacial score (nSPS) is 8.90. The molecule has 60 valence electrons. The van der Waals surface area contributed by atoms with Gasteiger partial charge in [-0.05, 0) is 0 Å². The zero-order valence-electron chi connectivity index (χ0n) is 5.41. The standard InChI is InChI=1S/C5H10N2O2.ClH/c6-3-1-2-4-7-5(8)9;/h1-2,7H,3-4,6H2,(H,8,9);1H/b2-1+;. The predicted octanol–water partition coefficient (Wildman–Crippen LogP) is 0.191. The Kier molecular flexibility index (Phi) is 9.90. The lowest BCUT2D eigenvalue weighted by molar-refractivity contribution is 0.195. The largest absolute Gasteiger partial charge is 0.465 e. The number of halogens is 1. The molecule has 0 bridgehead atoms. The molecule has 0 aliphatic heterocycles. The fourth-order valence-electron chi connectivity index (χ4n) is 0.326. The average Bonchev–Trinajstić information content (AvgIpc) is 1.80. The first-order valence-corrected chi connectivity index (χ1v) is 2.59. The first-order chi connectivity index (χ1) is 4.27. The molecule has 4 nitrogen and oxygen atoms in total. The lowest BCUT2D eigenvalue weighted by Crippen LogP contribution is -2.20. The third-order valence-corrected chi connectivity index (χ3v) is 0.674. The van der Waals surface area contributed by atoms with Crippen LogP contribution in [0.5, 0.6) is 0 Å². The van der Waals surface area contributed by atoms with E-state index in [1.54, 1.807) is 12.2 Å². The summed E-state index contributed by atoms with van der Waals surface area (Å²) in [7, 11) is 0. The van der Waals surface area contributed by atoms with Crippen LogP contribution in [0.4, 0.5) is 4.79 Å². The molecule has 0 unspecified atom stereocenters. The van der Waals surface area contributed by atoms with Crippen LogP contribution in [0.2, 0.25) is 0 Å². The van der Waals surface area contributed by atoms with Crippen molar-refractivity contribution in [3.8, 4) is 0 Å². The van der Waals surface area contributed by atoms with Crippen molar-refractivity contribution < 1.29 is 9.90 Å². The van der Waals surface area contributed by atoms with Crippen LogP contribution in [0.15, 0.2) is 12.2 Å². The number of nitrogens with one attached hydrogen (secondary N) is 1. The second kappa shape index (κ2) is 8.26. The highest BCUT2D eigenvalue weighted by atomic mass is 35.5. The Morgan fingerprint density at radius 3 is 2.60 bits per heavy atom. The molecule has 0 rings (SSSR count). The number of amides is 1. The monoisotopic (exact) mass is 166 g/mol. The SMILES string of the molecule is Cl.NC/C=C/CNC(=O)O. The van der Waals surface area contributed by atoms with Crippen molar-refractivity contribution in [2.24, 2.45) is 5.73 Å². The lowest BCUT2D eigenvalue weighted by atomic mass is 10.5. The molecule has 0 saturated heterocycles. The van der Waals surface area contributed by atoms with E-state index in [0.29, 0.717) is 13.1 Å². The minimum Gasteiger partial charge on any atom is -0.465 e. The maximum atomic E-state index is 9.79. The molecule has 0 fully saturated rings. The van der Waals surface area contributed by atoms with E-state index in [2.05, 4.69) is 5.32 Å². The smallest absolute Gasteiger partial charge is 0.404 e. The molecule has 1 amide bonds. The summed E-state index contributed by atoms with van der Waals surface area (Å²) < 4.78 is 0. The maximum absolute atomic E-state index is 9.79. The predicted molar refractivity (Wildman–Crippen MR) is 41.5 cm³/mol. The zero-order chi connectivity index (χ0) is 7.11. The molecule has 0 spiro atoms. The summed E-state index contributed by atoms with van der Waals surface area (Å²) in [6.07, 6.45) is 2.33. The Balaban J connectivity index is 0. The van der Waals surface area contributed by atoms with Crippen LogP contribution in [-0.4, -0.2) is 24.3 Å². The van der Waals surface area contributed by atoms with Crippen molar-refractivity contribution in [3.05, 3.63) is 12.2 Å². The van der Waals surface area contributed by atoms with Gasteiger partial charge in [0.05, 0.1) is 0 Å². The fraction of sp³-hybridized carbons (Fsp3) is 0.400. The molecule has 0 aromatic rings. The van der Waals surface area contributed by atoms with Gasteiger partial charge in [0.2, 0.25) is 0 Å². The highest BCUT2D eigenvalue weighted by Crippen LogP contribution is 1.66. The molecule has 4 N–H and O–H groups in total. The molecule has 10 heavy (non-hydrogen) atoms. The third-order valence-electron chi connectivity index (χ3n) is 0.674. The van der Waals surface area contributed by atoms with Gasteiger partial charge in [-0.3, -0.25) is 0 Å². The molecule has 0 aromatic heterocycles. The van der Waals surface area contributed by atoms with Crippen molar-refractivity contribution in [1.29, 1.82) is 0 Å². The van der Waals surface area contributed by atoms with E-state index in [-0.39, 0.29) is 12.4 Å². The average molecular weight is 167 g/mol. The highest BCUT2D eigenvalue weighted by Gasteiger charge is 1.85. The summed E-state index contributed by atoms with van der Waals surface area (Å²) in [4.78, 5) is 9.79. The van der Waals surface area contributed by atoms with Gasteiger partial charge < -0.3 is 16.2 Å². The quantitative estimate of drug-likeness (QED) is 0.524. The molecule has 0 aromatic carbocycles. The van der Waals surface area contributed by atoms with Crippen molar-refractivity contribution >= 4 is 18.5 Å². The second-order valence-electron chi connectivity index (χ2n) is 1.39. The number of hydrogen-bond donors (Lipinski definition) is 3. The summed E-state index contributed by atoms with van der Waals surface area (Å²) in [6.45, 7) is 0.772. The van der Waals surface area contributed by atoms with Crippen molar-refractivity contribution in [3.63, 3.8) is 0 Å². The Morgan fingerprint density at radius 2 is 2.20 bits per heavy atom. The van der Waals surface area contributed by atoms with Gasteiger partial charge >= 0.3 is 6.09 Å². The maximum Gasteiger partial charge on any atom is 0.404 e. The van der Waals surface area contributed by atoms with Gasteiger partial charge in [-0.2, -0.15) is 0 Å². The van der Waals surface area contributed by atoms with E-state index in [1.165, 1.54) is 0 Å². The minimum atomic E-state index is -1.02. The van der Waals surface area contributed by atoms with E-state index in [4.69, 9.17) is 10.8 Å². The first kappa shape index (κ1) is 12.0. The minimum absolute atomic E-state index is 0. The number of nitrogens with two attached hydrogens (primary N) is 1. The molecular weight excluding hydrogens is 156 g/mol. The van der Waals surface area contributed by atoms with Crippen molar-refractivity contribution in [1.82, 2.24) is 5.32 Å². The molecule has 0 saturated carbocycles. The van der Waals surface area contributed by atoms with Crippen molar-refractivity contribution in [2.75, 3.05) is 13.1 Å².